The number of hydrogen-bond acceptors (Lipinski definition) is 5. The molecule has 1 heterocycles. The van der Waals surface area contributed by atoms with Crippen molar-refractivity contribution in [3.8, 4) is 0 Å². The summed E-state index contributed by atoms with van der Waals surface area (Å²) in [5, 5.41) is 0. The number of carbonyl (C=O) groups is 1. The molecule has 0 aliphatic carbocycles. The minimum absolute atomic E-state index is 0.150. The maximum absolute atomic E-state index is 11.6. The van der Waals surface area contributed by atoms with Crippen LogP contribution in [-0.2, 0) is 21.5 Å². The quantitative estimate of drug-likeness (QED) is 0.387. The standard InChI is InChI=1S/C12H22INO5S/c1-12(2,3)19-11(15)9-18-8-10-6-4-5-7-14(10)20(13,16)17/h10H,4-9H2,1-3H3. The maximum atomic E-state index is 11.6. The van der Waals surface area contributed by atoms with Gasteiger partial charge in [-0.2, -0.15) is 4.31 Å². The van der Waals surface area contributed by atoms with E-state index in [0.29, 0.717) is 6.54 Å². The highest BCUT2D eigenvalue weighted by Gasteiger charge is 2.30. The molecule has 0 N–H and O–H groups in total. The fourth-order valence-corrected chi connectivity index (χ4v) is 4.50. The predicted octanol–water partition coefficient (Wildman–Crippen LogP) is 1.88. The molecule has 1 saturated heterocycles. The third-order valence-electron chi connectivity index (χ3n) is 2.80. The first kappa shape index (κ1) is 18.1. The summed E-state index contributed by atoms with van der Waals surface area (Å²) < 4.78 is 35.2. The largest absolute Gasteiger partial charge is 0.458 e. The molecule has 0 saturated carbocycles. The van der Waals surface area contributed by atoms with Crippen molar-refractivity contribution in [1.82, 2.24) is 4.31 Å². The zero-order valence-corrected chi connectivity index (χ0v) is 15.1. The Morgan fingerprint density at radius 3 is 2.55 bits per heavy atom. The lowest BCUT2D eigenvalue weighted by atomic mass is 10.1. The molecule has 1 fully saturated rings. The zero-order valence-electron chi connectivity index (χ0n) is 12.1. The van der Waals surface area contributed by atoms with Gasteiger partial charge in [-0.1, -0.05) is 6.42 Å². The van der Waals surface area contributed by atoms with Gasteiger partial charge in [0.2, 0.25) is 0 Å². The van der Waals surface area contributed by atoms with E-state index in [2.05, 4.69) is 0 Å². The van der Waals surface area contributed by atoms with E-state index in [0.717, 1.165) is 19.3 Å². The third kappa shape index (κ3) is 6.68. The van der Waals surface area contributed by atoms with Gasteiger partial charge < -0.3 is 9.47 Å². The molecule has 0 aromatic carbocycles. The van der Waals surface area contributed by atoms with Gasteiger partial charge in [0.15, 0.2) is 0 Å². The van der Waals surface area contributed by atoms with Gasteiger partial charge >= 0.3 is 5.97 Å². The Morgan fingerprint density at radius 1 is 1.35 bits per heavy atom. The molecule has 1 rings (SSSR count). The van der Waals surface area contributed by atoms with Crippen LogP contribution < -0.4 is 0 Å². The minimum atomic E-state index is -3.25. The lowest BCUT2D eigenvalue weighted by molar-refractivity contribution is -0.160. The molecule has 0 bridgehead atoms. The van der Waals surface area contributed by atoms with Gasteiger partial charge in [-0.3, -0.25) is 0 Å². The molecule has 0 spiro atoms. The van der Waals surface area contributed by atoms with Crippen LogP contribution >= 0.6 is 21.2 Å². The number of piperidine rings is 1. The summed E-state index contributed by atoms with van der Waals surface area (Å²) in [5.74, 6) is -0.433. The van der Waals surface area contributed by atoms with Crippen molar-refractivity contribution in [2.45, 2.75) is 51.7 Å². The Balaban J connectivity index is 2.42. The zero-order chi connectivity index (χ0) is 15.4. The molecule has 0 radical (unpaired) electrons. The second kappa shape index (κ2) is 7.37. The van der Waals surface area contributed by atoms with Crippen LogP contribution in [-0.4, -0.2) is 50.1 Å². The number of rotatable bonds is 5. The van der Waals surface area contributed by atoms with Crippen LogP contribution in [0.5, 0.6) is 0 Å². The number of ether oxygens (including phenoxy) is 2. The van der Waals surface area contributed by atoms with Crippen molar-refractivity contribution in [3.05, 3.63) is 0 Å². The minimum Gasteiger partial charge on any atom is -0.458 e. The first-order chi connectivity index (χ1) is 9.09. The normalized spacial score (nSPS) is 21.7. The molecule has 8 heteroatoms. The molecule has 1 atom stereocenters. The van der Waals surface area contributed by atoms with Gasteiger partial charge in [0.1, 0.15) is 12.2 Å². The Labute approximate surface area is 132 Å². The summed E-state index contributed by atoms with van der Waals surface area (Å²) in [6.45, 7) is 5.96. The van der Waals surface area contributed by atoms with E-state index in [1.807, 2.05) is 0 Å². The highest BCUT2D eigenvalue weighted by atomic mass is 127. The molecule has 1 unspecified atom stereocenters. The molecular formula is C12H22INO5S. The highest BCUT2D eigenvalue weighted by Crippen LogP contribution is 2.24. The van der Waals surface area contributed by atoms with Gasteiger partial charge in [0.05, 0.1) is 27.8 Å². The Hall–Kier alpha value is 0.0700. The summed E-state index contributed by atoms with van der Waals surface area (Å²) in [5.41, 5.74) is -0.539. The number of esters is 1. The van der Waals surface area contributed by atoms with Crippen molar-refractivity contribution < 1.29 is 22.7 Å². The fraction of sp³-hybridized carbons (Fsp3) is 0.917. The molecule has 20 heavy (non-hydrogen) atoms. The predicted molar refractivity (Wildman–Crippen MR) is 83.9 cm³/mol. The lowest BCUT2D eigenvalue weighted by Crippen LogP contribution is -2.44. The van der Waals surface area contributed by atoms with Crippen LogP contribution in [0.1, 0.15) is 40.0 Å². The molecule has 0 aromatic heterocycles. The van der Waals surface area contributed by atoms with E-state index in [1.54, 1.807) is 20.8 Å². The van der Waals surface area contributed by atoms with Gasteiger partial charge in [-0.05, 0) is 33.6 Å². The maximum Gasteiger partial charge on any atom is 0.332 e. The molecule has 0 aromatic rings. The van der Waals surface area contributed by atoms with Crippen molar-refractivity contribution in [3.63, 3.8) is 0 Å². The lowest BCUT2D eigenvalue weighted by Gasteiger charge is -2.32. The van der Waals surface area contributed by atoms with Gasteiger partial charge in [0.25, 0.3) is 7.19 Å². The van der Waals surface area contributed by atoms with Crippen molar-refractivity contribution in [1.29, 1.82) is 0 Å². The van der Waals surface area contributed by atoms with Crippen LogP contribution in [0.25, 0.3) is 0 Å². The molecule has 0 amide bonds. The third-order valence-corrected chi connectivity index (χ3v) is 5.36. The SMILES string of the molecule is CC(C)(C)OC(=O)COCC1CCCCN1S(=O)(=O)I. The average Bonchev–Trinajstić information content (AvgIpc) is 2.25. The molecule has 118 valence electrons. The smallest absolute Gasteiger partial charge is 0.332 e. The molecule has 6 nitrogen and oxygen atoms in total. The van der Waals surface area contributed by atoms with Crippen molar-refractivity contribution >= 4 is 34.4 Å². The summed E-state index contributed by atoms with van der Waals surface area (Å²) >= 11 is 1.45. The van der Waals surface area contributed by atoms with Crippen LogP contribution in [0, 0.1) is 0 Å². The van der Waals surface area contributed by atoms with Crippen molar-refractivity contribution in [2.24, 2.45) is 0 Å². The topological polar surface area (TPSA) is 72.9 Å². The Kier molecular flexibility index (Phi) is 6.68. The Bertz CT molecular complexity index is 432. The van der Waals surface area contributed by atoms with E-state index < -0.39 is 18.8 Å². The molecule has 1 aliphatic heterocycles. The highest BCUT2D eigenvalue weighted by molar-refractivity contribution is 14.2. The summed E-state index contributed by atoms with van der Waals surface area (Å²) in [4.78, 5) is 11.5. The van der Waals surface area contributed by atoms with Crippen LogP contribution in [0.15, 0.2) is 0 Å². The number of nitrogens with zero attached hydrogens (tertiary/aromatic N) is 1. The van der Waals surface area contributed by atoms with Gasteiger partial charge in [-0.25, -0.2) is 13.2 Å². The molecular weight excluding hydrogens is 397 g/mol. The van der Waals surface area contributed by atoms with E-state index >= 15 is 0 Å². The van der Waals surface area contributed by atoms with Gasteiger partial charge in [-0.15, -0.1) is 0 Å². The van der Waals surface area contributed by atoms with Crippen LogP contribution in [0.3, 0.4) is 0 Å². The first-order valence-corrected chi connectivity index (χ1v) is 10.6. The fourth-order valence-electron chi connectivity index (χ4n) is 2.08. The number of halogens is 1. The summed E-state index contributed by atoms with van der Waals surface area (Å²) in [6, 6.07) is -0.187. The number of hydrogen-bond donors (Lipinski definition) is 0. The van der Waals surface area contributed by atoms with E-state index in [1.165, 1.54) is 25.5 Å². The van der Waals surface area contributed by atoms with E-state index in [-0.39, 0.29) is 19.3 Å². The summed E-state index contributed by atoms with van der Waals surface area (Å²) in [6.07, 6.45) is 2.60. The van der Waals surface area contributed by atoms with E-state index in [9.17, 15) is 13.2 Å². The Morgan fingerprint density at radius 2 is 2.00 bits per heavy atom. The van der Waals surface area contributed by atoms with E-state index in [4.69, 9.17) is 9.47 Å². The average molecular weight is 419 g/mol. The number of carbonyl (C=O) groups excluding carboxylic acids is 1. The molecule has 1 aliphatic rings. The second-order valence-corrected chi connectivity index (χ2v) is 10.4. The van der Waals surface area contributed by atoms with Gasteiger partial charge in [0, 0.05) is 12.6 Å². The van der Waals surface area contributed by atoms with Crippen LogP contribution in [0.4, 0.5) is 0 Å². The van der Waals surface area contributed by atoms with Crippen LogP contribution in [0.2, 0.25) is 0 Å². The van der Waals surface area contributed by atoms with Crippen molar-refractivity contribution in [2.75, 3.05) is 19.8 Å². The summed E-state index contributed by atoms with van der Waals surface area (Å²) in [7, 11) is -3.25. The monoisotopic (exact) mass is 419 g/mol. The first-order valence-electron chi connectivity index (χ1n) is 6.60. The second-order valence-electron chi connectivity index (χ2n) is 5.80.